The normalized spacial score (nSPS) is 26.0. The molecule has 2 unspecified atom stereocenters. The van der Waals surface area contributed by atoms with Crippen LogP contribution in [-0.4, -0.2) is 158 Å². The van der Waals surface area contributed by atoms with Crippen LogP contribution in [0.25, 0.3) is 0 Å². The molecule has 20 nitrogen and oxygen atoms in total. The molecule has 0 radical (unpaired) electrons. The average molecular weight is 887 g/mol. The second-order valence-corrected chi connectivity index (χ2v) is 19.0. The minimum absolute atomic E-state index is 0.0687. The Kier molecular flexibility index (Phi) is 15.6. The maximum atomic E-state index is 12.9. The lowest BCUT2D eigenvalue weighted by Crippen LogP contribution is -2.52. The maximum Gasteiger partial charge on any atom is 0.410 e. The van der Waals surface area contributed by atoms with Crippen molar-refractivity contribution in [2.45, 2.75) is 160 Å². The van der Waals surface area contributed by atoms with Crippen molar-refractivity contribution in [1.29, 1.82) is 0 Å². The predicted octanol–water partition coefficient (Wildman–Crippen LogP) is 4.71. The highest BCUT2D eigenvalue weighted by Crippen LogP contribution is 2.31. The van der Waals surface area contributed by atoms with E-state index in [1.807, 2.05) is 71.9 Å². The summed E-state index contributed by atoms with van der Waals surface area (Å²) in [6.45, 7) is 13.6. The number of carbonyl (C=O) groups excluding carboxylic acids is 6. The number of fused-ring (bicyclic) bond motifs is 4. The fourth-order valence-electron chi connectivity index (χ4n) is 8.74. The smallest absolute Gasteiger partial charge is 0.410 e. The summed E-state index contributed by atoms with van der Waals surface area (Å²) in [5, 5.41) is 11.8. The Morgan fingerprint density at radius 3 is 1.63 bits per heavy atom. The third kappa shape index (κ3) is 12.4. The highest BCUT2D eigenvalue weighted by molar-refractivity contribution is 5.88. The number of hydrogen-bond donors (Lipinski definition) is 3. The number of urea groups is 2. The fourth-order valence-corrected chi connectivity index (χ4v) is 8.74. The van der Waals surface area contributed by atoms with Crippen molar-refractivity contribution in [1.82, 2.24) is 40.7 Å². The number of likely N-dealkylation sites (tertiary alicyclic amines) is 2. The number of nitrogens with one attached hydrogen (secondary N) is 2. The second kappa shape index (κ2) is 20.7. The van der Waals surface area contributed by atoms with E-state index >= 15 is 0 Å². The fraction of sp³-hybridized carbons (Fsp3) is 0.721. The molecule has 1 aromatic rings. The predicted molar refractivity (Wildman–Crippen MR) is 224 cm³/mol. The molecule has 6 fully saturated rings. The quantitative estimate of drug-likeness (QED) is 0.204. The molecule has 3 N–H and O–H groups in total. The third-order valence-corrected chi connectivity index (χ3v) is 11.9. The van der Waals surface area contributed by atoms with Gasteiger partial charge in [0.1, 0.15) is 29.9 Å². The van der Waals surface area contributed by atoms with Crippen molar-refractivity contribution in [2.75, 3.05) is 39.4 Å². The second-order valence-electron chi connectivity index (χ2n) is 19.0. The molecule has 0 spiro atoms. The Morgan fingerprint density at radius 1 is 0.651 bits per heavy atom. The Bertz CT molecular complexity index is 1780. The van der Waals surface area contributed by atoms with E-state index in [-0.39, 0.29) is 61.5 Å². The number of benzene rings is 1. The van der Waals surface area contributed by atoms with Crippen molar-refractivity contribution >= 4 is 36.1 Å². The van der Waals surface area contributed by atoms with E-state index in [4.69, 9.17) is 24.0 Å². The molecule has 63 heavy (non-hydrogen) atoms. The first-order valence-corrected chi connectivity index (χ1v) is 22.3. The highest BCUT2D eigenvalue weighted by Gasteiger charge is 2.49. The summed E-state index contributed by atoms with van der Waals surface area (Å²) >= 11 is 0. The number of piperidine rings is 4. The van der Waals surface area contributed by atoms with Crippen LogP contribution in [0.2, 0.25) is 0 Å². The Morgan fingerprint density at radius 2 is 1.13 bits per heavy atom. The minimum atomic E-state index is -0.658. The molecule has 0 aromatic heterocycles. The first kappa shape index (κ1) is 47.6. The van der Waals surface area contributed by atoms with Crippen LogP contribution in [0.5, 0.6) is 0 Å². The van der Waals surface area contributed by atoms with Crippen molar-refractivity contribution in [2.24, 2.45) is 0 Å². The van der Waals surface area contributed by atoms with Gasteiger partial charge in [0.05, 0.1) is 37.4 Å². The first-order valence-electron chi connectivity index (χ1n) is 22.3. The molecule has 0 aliphatic carbocycles. The van der Waals surface area contributed by atoms with Gasteiger partial charge in [-0.25, -0.2) is 35.2 Å². The summed E-state index contributed by atoms with van der Waals surface area (Å²) < 4.78 is 11.0. The van der Waals surface area contributed by atoms with Crippen molar-refractivity contribution in [3.8, 4) is 0 Å². The largest absolute Gasteiger partial charge is 0.444 e. The Labute approximate surface area is 369 Å². The molecular formula is C43H66N8O12. The van der Waals surface area contributed by atoms with E-state index in [1.54, 1.807) is 14.7 Å². The van der Waals surface area contributed by atoms with Crippen LogP contribution in [0, 0.1) is 0 Å². The molecule has 20 heteroatoms. The summed E-state index contributed by atoms with van der Waals surface area (Å²) in [5.74, 6) is -0.775. The summed E-state index contributed by atoms with van der Waals surface area (Å²) in [6.07, 6.45) is 6.79. The standard InChI is InChI=1S/C25H36N4O6.C18H30N4O6/c1-25(2,3)35-24(32)27-14-8-7-11-20(27)17-33-26-22(30)21-13-12-19-15-28(21)23(31)29(19)34-16-18-9-5-4-6-10-18;1-18(2,3)28-17(25)20-9-5-4-6-13(20)11-27-19-15(23)14-8-7-12-10-21(14)16(24)22(12)26/h4-6,9-10,19-21H,7-8,11-17H2,1-3H3,(H,26,30);12-14,26H,4-11H2,1-3H3,(H,19,23)/t19-,20?,21+;12-,13?,14+/m11/s1. The van der Waals surface area contributed by atoms with Gasteiger partial charge < -0.3 is 29.1 Å². The summed E-state index contributed by atoms with van der Waals surface area (Å²) in [5.41, 5.74) is 4.75. The van der Waals surface area contributed by atoms with Gasteiger partial charge in [0.15, 0.2) is 0 Å². The number of ether oxygens (including phenoxy) is 2. The van der Waals surface area contributed by atoms with Gasteiger partial charge in [-0.1, -0.05) is 30.3 Å². The summed E-state index contributed by atoms with van der Waals surface area (Å²) in [7, 11) is 0. The van der Waals surface area contributed by atoms with Gasteiger partial charge >= 0.3 is 24.2 Å². The van der Waals surface area contributed by atoms with Crippen molar-refractivity contribution in [3.05, 3.63) is 35.9 Å². The van der Waals surface area contributed by atoms with Crippen molar-refractivity contribution in [3.63, 3.8) is 0 Å². The molecular weight excluding hydrogens is 821 g/mol. The molecule has 7 rings (SSSR count). The topological polar surface area (TPSA) is 212 Å². The van der Waals surface area contributed by atoms with E-state index in [1.165, 1.54) is 9.96 Å². The number of carbonyl (C=O) groups is 6. The molecule has 8 amide bonds. The van der Waals surface area contributed by atoms with Crippen LogP contribution in [-0.2, 0) is 40.2 Å². The molecule has 4 bridgehead atoms. The van der Waals surface area contributed by atoms with E-state index in [2.05, 4.69) is 11.0 Å². The van der Waals surface area contributed by atoms with Crippen LogP contribution in [0.1, 0.15) is 111 Å². The monoisotopic (exact) mass is 886 g/mol. The van der Waals surface area contributed by atoms with Crippen LogP contribution in [0.15, 0.2) is 30.3 Å². The highest BCUT2D eigenvalue weighted by atomic mass is 16.7. The first-order chi connectivity index (χ1) is 29.9. The lowest BCUT2D eigenvalue weighted by Gasteiger charge is -2.36. The van der Waals surface area contributed by atoms with Gasteiger partial charge in [-0.2, -0.15) is 5.06 Å². The zero-order valence-electron chi connectivity index (χ0n) is 37.5. The van der Waals surface area contributed by atoms with Gasteiger partial charge in [-0.15, -0.1) is 0 Å². The molecule has 6 aliphatic rings. The molecule has 350 valence electrons. The minimum Gasteiger partial charge on any atom is -0.444 e. The molecule has 1 aromatic carbocycles. The van der Waals surface area contributed by atoms with Gasteiger partial charge in [0, 0.05) is 26.2 Å². The van der Waals surface area contributed by atoms with Crippen molar-refractivity contribution < 1.29 is 58.0 Å². The zero-order valence-corrected chi connectivity index (χ0v) is 37.5. The number of nitrogens with zero attached hydrogens (tertiary/aromatic N) is 6. The van der Waals surface area contributed by atoms with Gasteiger partial charge in [-0.3, -0.25) is 29.3 Å². The third-order valence-electron chi connectivity index (χ3n) is 11.9. The van der Waals surface area contributed by atoms with Crippen LogP contribution < -0.4 is 11.0 Å². The number of rotatable bonds is 11. The van der Waals surface area contributed by atoms with E-state index in [9.17, 15) is 34.0 Å². The van der Waals surface area contributed by atoms with Crippen LogP contribution in [0.3, 0.4) is 0 Å². The molecule has 0 saturated carbocycles. The molecule has 6 atom stereocenters. The van der Waals surface area contributed by atoms with Gasteiger partial charge in [0.2, 0.25) is 0 Å². The molecule has 6 heterocycles. The van der Waals surface area contributed by atoms with Crippen LogP contribution in [0.4, 0.5) is 19.2 Å². The van der Waals surface area contributed by atoms with Crippen LogP contribution >= 0.6 is 0 Å². The number of hydroxylamine groups is 6. The number of hydrogen-bond acceptors (Lipinski definition) is 12. The lowest BCUT2D eigenvalue weighted by atomic mass is 10.0. The molecule has 6 aliphatic heterocycles. The summed E-state index contributed by atoms with van der Waals surface area (Å²) in [4.78, 5) is 98.2. The number of amides is 8. The maximum absolute atomic E-state index is 12.9. The van der Waals surface area contributed by atoms with E-state index in [0.717, 1.165) is 44.1 Å². The molecule has 6 saturated heterocycles. The van der Waals surface area contributed by atoms with E-state index in [0.29, 0.717) is 63.5 Å². The van der Waals surface area contributed by atoms with Gasteiger partial charge in [-0.05, 0) is 111 Å². The average Bonchev–Trinajstić information content (AvgIpc) is 3.61. The zero-order chi connectivity index (χ0) is 45.5. The lowest BCUT2D eigenvalue weighted by molar-refractivity contribution is -0.142. The van der Waals surface area contributed by atoms with E-state index < -0.39 is 35.2 Å². The summed E-state index contributed by atoms with van der Waals surface area (Å²) in [6, 6.07) is 6.86. The Balaban J connectivity index is 0.000000215. The SMILES string of the molecule is CC(C)(C)OC(=O)N1CCCCC1CONC(=O)[C@@H]1CC[C@@H]2CN1C(=O)N2O.CC(C)(C)OC(=O)N1CCCCC1CONC(=O)[C@@H]1CC[C@@H]2CN1C(=O)N2OCc1ccccc1. The van der Waals surface area contributed by atoms with Gasteiger partial charge in [0.25, 0.3) is 11.8 Å². The Hall–Kier alpha value is -4.92.